The number of hydrogen-bond donors (Lipinski definition) is 1. The Morgan fingerprint density at radius 3 is 2.23 bits per heavy atom. The number of alkyl halides is 2. The molecule has 0 aromatic heterocycles. The number of amides is 3. The number of likely N-dealkylation sites (tertiary alicyclic amines) is 1. The molecule has 0 radical (unpaired) electrons. The summed E-state index contributed by atoms with van der Waals surface area (Å²) in [7, 11) is 3.04. The zero-order chi connectivity index (χ0) is 23.6. The summed E-state index contributed by atoms with van der Waals surface area (Å²) in [6.45, 7) is 4.04. The molecule has 1 aliphatic heterocycles. The molecule has 2 atom stereocenters. The van der Waals surface area contributed by atoms with Gasteiger partial charge >= 0.3 is 6.09 Å². The lowest BCUT2D eigenvalue weighted by molar-refractivity contribution is -0.139. The lowest BCUT2D eigenvalue weighted by atomic mass is 9.89. The van der Waals surface area contributed by atoms with Crippen LogP contribution in [0.15, 0.2) is 28.7 Å². The van der Waals surface area contributed by atoms with E-state index in [0.29, 0.717) is 5.56 Å². The third-order valence-corrected chi connectivity index (χ3v) is 5.22. The molecule has 1 saturated heterocycles. The van der Waals surface area contributed by atoms with Gasteiger partial charge in [0.05, 0.1) is 12.5 Å². The van der Waals surface area contributed by atoms with Crippen LogP contribution >= 0.6 is 15.9 Å². The number of benzene rings is 1. The molecular weight excluding hydrogens is 476 g/mol. The zero-order valence-electron chi connectivity index (χ0n) is 18.2. The minimum Gasteiger partial charge on any atom is -0.444 e. The summed E-state index contributed by atoms with van der Waals surface area (Å²) in [5.74, 6) is -5.35. The Hall–Kier alpha value is -2.23. The van der Waals surface area contributed by atoms with Crippen LogP contribution in [0, 0.1) is 0 Å². The minimum atomic E-state index is -3.01. The molecule has 7 nitrogen and oxygen atoms in total. The van der Waals surface area contributed by atoms with Crippen molar-refractivity contribution in [2.24, 2.45) is 0 Å². The molecular formula is C21H28BrF2N3O4. The topological polar surface area (TPSA) is 79.0 Å². The summed E-state index contributed by atoms with van der Waals surface area (Å²) >= 11 is 3.32. The Morgan fingerprint density at radius 1 is 1.19 bits per heavy atom. The van der Waals surface area contributed by atoms with Crippen LogP contribution in [0.2, 0.25) is 0 Å². The van der Waals surface area contributed by atoms with Gasteiger partial charge in [0, 0.05) is 31.5 Å². The Kier molecular flexibility index (Phi) is 7.67. The number of hydrogen-bond acceptors (Lipinski definition) is 4. The number of ether oxygens (including phenoxy) is 1. The quantitative estimate of drug-likeness (QED) is 0.667. The maximum Gasteiger partial charge on any atom is 0.408 e. The third kappa shape index (κ3) is 6.88. The van der Waals surface area contributed by atoms with Crippen LogP contribution in [0.4, 0.5) is 13.6 Å². The van der Waals surface area contributed by atoms with Crippen molar-refractivity contribution in [1.29, 1.82) is 0 Å². The Balaban J connectivity index is 2.47. The van der Waals surface area contributed by atoms with E-state index in [1.54, 1.807) is 45.0 Å². The first-order valence-electron chi connectivity index (χ1n) is 9.83. The molecule has 31 heavy (non-hydrogen) atoms. The highest BCUT2D eigenvalue weighted by molar-refractivity contribution is 9.10. The lowest BCUT2D eigenvalue weighted by Gasteiger charge is -2.32. The van der Waals surface area contributed by atoms with E-state index < -0.39 is 54.4 Å². The van der Waals surface area contributed by atoms with Gasteiger partial charge in [-0.2, -0.15) is 0 Å². The van der Waals surface area contributed by atoms with E-state index in [0.717, 1.165) is 9.37 Å². The van der Waals surface area contributed by atoms with Crippen LogP contribution < -0.4 is 5.32 Å². The van der Waals surface area contributed by atoms with Gasteiger partial charge in [-0.25, -0.2) is 13.6 Å². The lowest BCUT2D eigenvalue weighted by Crippen LogP contribution is -2.55. The number of rotatable bonds is 5. The molecule has 172 valence electrons. The first-order chi connectivity index (χ1) is 14.2. The average molecular weight is 504 g/mol. The van der Waals surface area contributed by atoms with Gasteiger partial charge in [-0.15, -0.1) is 0 Å². The Morgan fingerprint density at radius 2 is 1.77 bits per heavy atom. The van der Waals surface area contributed by atoms with E-state index in [4.69, 9.17) is 4.74 Å². The molecule has 1 aromatic carbocycles. The summed E-state index contributed by atoms with van der Waals surface area (Å²) in [6, 6.07) is 5.27. The Labute approximate surface area is 189 Å². The second kappa shape index (κ2) is 9.50. The number of halogens is 3. The van der Waals surface area contributed by atoms with Crippen molar-refractivity contribution in [3.63, 3.8) is 0 Å². The number of carbonyl (C=O) groups excluding carboxylic acids is 3. The van der Waals surface area contributed by atoms with Crippen molar-refractivity contribution in [3.8, 4) is 0 Å². The largest absolute Gasteiger partial charge is 0.444 e. The highest BCUT2D eigenvalue weighted by Crippen LogP contribution is 2.30. The second-order valence-electron chi connectivity index (χ2n) is 8.75. The Bertz CT molecular complexity index is 825. The van der Waals surface area contributed by atoms with E-state index >= 15 is 0 Å². The van der Waals surface area contributed by atoms with Gasteiger partial charge in [-0.05, 0) is 38.5 Å². The molecule has 0 aliphatic carbocycles. The molecule has 2 rings (SSSR count). The number of alkyl carbamates (subject to hydrolysis) is 1. The maximum atomic E-state index is 13.8. The smallest absolute Gasteiger partial charge is 0.408 e. The van der Waals surface area contributed by atoms with Crippen LogP contribution in [0.25, 0.3) is 0 Å². The van der Waals surface area contributed by atoms with Gasteiger partial charge in [0.2, 0.25) is 11.8 Å². The molecule has 0 spiro atoms. The summed E-state index contributed by atoms with van der Waals surface area (Å²) in [6.07, 6.45) is -1.38. The van der Waals surface area contributed by atoms with E-state index in [1.807, 2.05) is 0 Å². The SMILES string of the molecule is CN(C)C(=O)C(c1ccc(Br)cc1)[C@H](NC(=O)OC(C)(C)C)C(=O)N1CCC(F)(F)C1. The van der Waals surface area contributed by atoms with Crippen LogP contribution in [-0.2, 0) is 14.3 Å². The molecule has 1 N–H and O–H groups in total. The van der Waals surface area contributed by atoms with Gasteiger partial charge in [0.1, 0.15) is 11.6 Å². The molecule has 1 unspecified atom stereocenters. The standard InChI is InChI=1S/C21H28BrF2N3O4/c1-20(2,3)31-19(30)25-16(18(29)27-11-10-21(23,24)12-27)15(17(28)26(4)5)13-6-8-14(22)9-7-13/h6-9,15-16H,10-12H2,1-5H3,(H,25,30)/t15?,16-/m0/s1. The summed E-state index contributed by atoms with van der Waals surface area (Å²) in [5.41, 5.74) is -0.390. The monoisotopic (exact) mass is 503 g/mol. The molecule has 3 amide bonds. The van der Waals surface area contributed by atoms with Crippen molar-refractivity contribution >= 4 is 33.8 Å². The summed E-state index contributed by atoms with van der Waals surface area (Å²) in [5, 5.41) is 2.47. The molecule has 1 fully saturated rings. The predicted octanol–water partition coefficient (Wildman–Crippen LogP) is 3.38. The summed E-state index contributed by atoms with van der Waals surface area (Å²) in [4.78, 5) is 41.2. The zero-order valence-corrected chi connectivity index (χ0v) is 19.8. The first kappa shape index (κ1) is 25.0. The van der Waals surface area contributed by atoms with Gasteiger partial charge in [-0.3, -0.25) is 9.59 Å². The fourth-order valence-corrected chi connectivity index (χ4v) is 3.53. The highest BCUT2D eigenvalue weighted by atomic mass is 79.9. The molecule has 0 bridgehead atoms. The second-order valence-corrected chi connectivity index (χ2v) is 9.67. The van der Waals surface area contributed by atoms with E-state index in [1.165, 1.54) is 19.0 Å². The fourth-order valence-electron chi connectivity index (χ4n) is 3.27. The number of nitrogens with zero attached hydrogens (tertiary/aromatic N) is 2. The predicted molar refractivity (Wildman–Crippen MR) is 115 cm³/mol. The molecule has 1 heterocycles. The maximum absolute atomic E-state index is 13.8. The van der Waals surface area contributed by atoms with Gasteiger partial charge in [0.15, 0.2) is 0 Å². The van der Waals surface area contributed by atoms with Crippen LogP contribution in [0.5, 0.6) is 0 Å². The average Bonchev–Trinajstić information content (AvgIpc) is 3.00. The molecule has 1 aliphatic rings. The molecule has 0 saturated carbocycles. The molecule has 10 heteroatoms. The van der Waals surface area contributed by atoms with Gasteiger partial charge in [0.25, 0.3) is 5.92 Å². The number of likely N-dealkylation sites (N-methyl/N-ethyl adjacent to an activating group) is 1. The first-order valence-corrected chi connectivity index (χ1v) is 10.6. The normalized spacial score (nSPS) is 17.6. The summed E-state index contributed by atoms with van der Waals surface area (Å²) < 4.78 is 33.6. The van der Waals surface area contributed by atoms with Crippen LogP contribution in [0.1, 0.15) is 38.7 Å². The van der Waals surface area contributed by atoms with Crippen molar-refractivity contribution in [2.45, 2.75) is 50.7 Å². The number of nitrogens with one attached hydrogen (secondary N) is 1. The van der Waals surface area contributed by atoms with E-state index in [9.17, 15) is 23.2 Å². The van der Waals surface area contributed by atoms with E-state index in [2.05, 4.69) is 21.2 Å². The van der Waals surface area contributed by atoms with E-state index in [-0.39, 0.29) is 6.54 Å². The highest BCUT2D eigenvalue weighted by Gasteiger charge is 2.46. The van der Waals surface area contributed by atoms with Gasteiger partial charge < -0.3 is 19.9 Å². The van der Waals surface area contributed by atoms with Crippen molar-refractivity contribution in [3.05, 3.63) is 34.3 Å². The fraction of sp³-hybridized carbons (Fsp3) is 0.571. The van der Waals surface area contributed by atoms with Crippen molar-refractivity contribution in [1.82, 2.24) is 15.1 Å². The van der Waals surface area contributed by atoms with Crippen molar-refractivity contribution < 1.29 is 27.9 Å². The van der Waals surface area contributed by atoms with Crippen LogP contribution in [-0.4, -0.2) is 72.5 Å². The minimum absolute atomic E-state index is 0.165. The van der Waals surface area contributed by atoms with Crippen LogP contribution in [0.3, 0.4) is 0 Å². The molecule has 1 aromatic rings. The third-order valence-electron chi connectivity index (χ3n) is 4.69. The van der Waals surface area contributed by atoms with Gasteiger partial charge in [-0.1, -0.05) is 28.1 Å². The van der Waals surface area contributed by atoms with Crippen molar-refractivity contribution in [2.75, 3.05) is 27.2 Å². The number of carbonyl (C=O) groups is 3.